The molecule has 0 aliphatic heterocycles. The van der Waals surface area contributed by atoms with Crippen LogP contribution in [0.15, 0.2) is 115 Å². The first-order chi connectivity index (χ1) is 17.3. The quantitative estimate of drug-likeness (QED) is 0.268. The van der Waals surface area contributed by atoms with Crippen molar-refractivity contribution in [3.05, 3.63) is 143 Å². The number of H-pyrrole nitrogens is 1. The van der Waals surface area contributed by atoms with Crippen molar-refractivity contribution in [3.63, 3.8) is 0 Å². The third-order valence-electron chi connectivity index (χ3n) is 6.51. The van der Waals surface area contributed by atoms with Gasteiger partial charge < -0.3 is 4.74 Å². The highest BCUT2D eigenvalue weighted by atomic mass is 16.5. The number of hydrogen-bond donors (Lipinski definition) is 1. The van der Waals surface area contributed by atoms with Gasteiger partial charge in [0.1, 0.15) is 11.6 Å². The molecule has 0 spiro atoms. The Balaban J connectivity index is 1.37. The molecule has 5 aromatic rings. The summed E-state index contributed by atoms with van der Waals surface area (Å²) in [5.41, 5.74) is 4.70. The Morgan fingerprint density at radius 1 is 0.629 bits per heavy atom. The first-order valence-electron chi connectivity index (χ1n) is 12.0. The van der Waals surface area contributed by atoms with Gasteiger partial charge in [-0.2, -0.15) is 0 Å². The molecule has 0 aliphatic rings. The van der Waals surface area contributed by atoms with Crippen molar-refractivity contribution in [2.24, 2.45) is 0 Å². The number of nitrogens with one attached hydrogen (secondary N) is 1. The van der Waals surface area contributed by atoms with Crippen LogP contribution in [0, 0.1) is 0 Å². The average Bonchev–Trinajstić information content (AvgIpc) is 3.46. The number of aromatic amines is 1. The number of ether oxygens (including phenoxy) is 1. The third kappa shape index (κ3) is 5.14. The molecular weight excluding hydrogens is 432 g/mol. The summed E-state index contributed by atoms with van der Waals surface area (Å²) in [6.07, 6.45) is 2.46. The number of aromatic nitrogens is 4. The van der Waals surface area contributed by atoms with Crippen LogP contribution in [-0.4, -0.2) is 27.2 Å². The maximum Gasteiger partial charge on any atom is 0.148 e. The normalized spacial score (nSPS) is 11.3. The molecule has 35 heavy (non-hydrogen) atoms. The minimum absolute atomic E-state index is 0.311. The van der Waals surface area contributed by atoms with Gasteiger partial charge >= 0.3 is 0 Å². The van der Waals surface area contributed by atoms with E-state index in [9.17, 15) is 0 Å². The molecule has 0 unspecified atom stereocenters. The van der Waals surface area contributed by atoms with Crippen LogP contribution < -0.4 is 4.74 Å². The van der Waals surface area contributed by atoms with Crippen molar-refractivity contribution >= 4 is 0 Å². The maximum atomic E-state index is 6.29. The van der Waals surface area contributed by atoms with E-state index in [0.29, 0.717) is 6.61 Å². The lowest BCUT2D eigenvalue weighted by atomic mass is 9.67. The van der Waals surface area contributed by atoms with Gasteiger partial charge in [0, 0.05) is 11.8 Å². The number of tetrazole rings is 1. The molecule has 1 N–H and O–H groups in total. The van der Waals surface area contributed by atoms with Crippen LogP contribution in [0.2, 0.25) is 0 Å². The van der Waals surface area contributed by atoms with Gasteiger partial charge in [-0.1, -0.05) is 103 Å². The van der Waals surface area contributed by atoms with Gasteiger partial charge in [-0.25, -0.2) is 5.10 Å². The van der Waals surface area contributed by atoms with Gasteiger partial charge in [-0.3, -0.25) is 0 Å². The summed E-state index contributed by atoms with van der Waals surface area (Å²) >= 11 is 0. The molecular formula is C30H28N4O. The predicted molar refractivity (Wildman–Crippen MR) is 137 cm³/mol. The zero-order valence-electron chi connectivity index (χ0n) is 19.5. The number of rotatable bonds is 10. The molecule has 0 atom stereocenters. The minimum atomic E-state index is -0.311. The zero-order valence-corrected chi connectivity index (χ0v) is 19.5. The standard InChI is InChI=1S/C30H28N4O/c1-4-10-25(11-5-1)30(26-12-6-2-7-13-26,27-14-8-3-9-15-27)22-23-35-28-19-16-24(17-20-28)18-21-29-31-33-34-32-29/h1-17,19-20H,18,21-23H2,(H,31,32,33,34). The van der Waals surface area contributed by atoms with E-state index in [4.69, 9.17) is 4.74 Å². The van der Waals surface area contributed by atoms with E-state index in [1.807, 2.05) is 12.1 Å². The molecule has 5 nitrogen and oxygen atoms in total. The largest absolute Gasteiger partial charge is 0.494 e. The molecule has 174 valence electrons. The van der Waals surface area contributed by atoms with Gasteiger partial charge in [0.15, 0.2) is 0 Å². The van der Waals surface area contributed by atoms with Crippen molar-refractivity contribution in [2.45, 2.75) is 24.7 Å². The number of benzene rings is 4. The Morgan fingerprint density at radius 3 is 1.66 bits per heavy atom. The second-order valence-electron chi connectivity index (χ2n) is 8.59. The van der Waals surface area contributed by atoms with Gasteiger partial charge in [0.2, 0.25) is 0 Å². The lowest BCUT2D eigenvalue weighted by Gasteiger charge is -2.36. The van der Waals surface area contributed by atoms with E-state index in [0.717, 1.165) is 30.8 Å². The Kier molecular flexibility index (Phi) is 6.94. The summed E-state index contributed by atoms with van der Waals surface area (Å²) in [4.78, 5) is 0. The predicted octanol–water partition coefficient (Wildman–Crippen LogP) is 5.79. The molecule has 0 amide bonds. The molecule has 0 radical (unpaired) electrons. The van der Waals surface area contributed by atoms with E-state index < -0.39 is 0 Å². The summed E-state index contributed by atoms with van der Waals surface area (Å²) in [6.45, 7) is 0.585. The van der Waals surface area contributed by atoms with Crippen LogP contribution in [0.4, 0.5) is 0 Å². The van der Waals surface area contributed by atoms with E-state index >= 15 is 0 Å². The molecule has 0 aliphatic carbocycles. The monoisotopic (exact) mass is 460 g/mol. The van der Waals surface area contributed by atoms with Gasteiger partial charge in [0.25, 0.3) is 0 Å². The van der Waals surface area contributed by atoms with E-state index in [-0.39, 0.29) is 5.41 Å². The summed E-state index contributed by atoms with van der Waals surface area (Å²) in [5.74, 6) is 1.67. The highest BCUT2D eigenvalue weighted by Gasteiger charge is 2.36. The van der Waals surface area contributed by atoms with Gasteiger partial charge in [-0.05, 0) is 57.7 Å². The molecule has 0 saturated carbocycles. The first-order valence-corrected chi connectivity index (χ1v) is 12.0. The summed E-state index contributed by atoms with van der Waals surface area (Å²) < 4.78 is 6.29. The maximum absolute atomic E-state index is 6.29. The van der Waals surface area contributed by atoms with Crippen molar-refractivity contribution < 1.29 is 4.74 Å². The molecule has 4 aromatic carbocycles. The van der Waals surface area contributed by atoms with Crippen LogP contribution in [0.5, 0.6) is 5.75 Å². The molecule has 5 rings (SSSR count). The van der Waals surface area contributed by atoms with Crippen LogP contribution in [0.3, 0.4) is 0 Å². The Bertz CT molecular complexity index is 1190. The summed E-state index contributed by atoms with van der Waals surface area (Å²) in [5, 5.41) is 14.0. The fraction of sp³-hybridized carbons (Fsp3) is 0.167. The van der Waals surface area contributed by atoms with E-state index in [1.54, 1.807) is 0 Å². The van der Waals surface area contributed by atoms with Crippen molar-refractivity contribution in [3.8, 4) is 5.75 Å². The lowest BCUT2D eigenvalue weighted by molar-refractivity contribution is 0.286. The highest BCUT2D eigenvalue weighted by Crippen LogP contribution is 2.42. The van der Waals surface area contributed by atoms with Crippen molar-refractivity contribution in [1.82, 2.24) is 20.6 Å². The molecule has 0 bridgehead atoms. The average molecular weight is 461 g/mol. The summed E-state index contributed by atoms with van der Waals surface area (Å²) in [7, 11) is 0. The number of nitrogens with zero attached hydrogens (tertiary/aromatic N) is 3. The second-order valence-corrected chi connectivity index (χ2v) is 8.59. The van der Waals surface area contributed by atoms with Crippen LogP contribution in [0.25, 0.3) is 0 Å². The zero-order chi connectivity index (χ0) is 23.8. The van der Waals surface area contributed by atoms with Crippen LogP contribution >= 0.6 is 0 Å². The molecule has 0 fully saturated rings. The number of aryl methyl sites for hydroxylation is 2. The second kappa shape index (κ2) is 10.8. The smallest absolute Gasteiger partial charge is 0.148 e. The van der Waals surface area contributed by atoms with E-state index in [1.165, 1.54) is 22.3 Å². The SMILES string of the molecule is c1ccc(C(CCOc2ccc(CCc3nnn[nH]3)cc2)(c2ccccc2)c2ccccc2)cc1. The summed E-state index contributed by atoms with van der Waals surface area (Å²) in [6, 6.07) is 40.5. The van der Waals surface area contributed by atoms with Crippen molar-refractivity contribution in [1.29, 1.82) is 0 Å². The van der Waals surface area contributed by atoms with E-state index in [2.05, 4.69) is 124 Å². The molecule has 5 heteroatoms. The molecule has 1 heterocycles. The Hall–Kier alpha value is -4.25. The third-order valence-corrected chi connectivity index (χ3v) is 6.51. The number of hydrogen-bond acceptors (Lipinski definition) is 4. The van der Waals surface area contributed by atoms with Crippen LogP contribution in [0.1, 0.15) is 34.5 Å². The highest BCUT2D eigenvalue weighted by molar-refractivity contribution is 5.50. The Labute approximate surface area is 205 Å². The fourth-order valence-electron chi connectivity index (χ4n) is 4.72. The Morgan fingerprint density at radius 2 is 1.17 bits per heavy atom. The molecule has 1 aromatic heterocycles. The van der Waals surface area contributed by atoms with Crippen molar-refractivity contribution in [2.75, 3.05) is 6.61 Å². The van der Waals surface area contributed by atoms with Gasteiger partial charge in [0.05, 0.1) is 6.61 Å². The fourth-order valence-corrected chi connectivity index (χ4v) is 4.72. The van der Waals surface area contributed by atoms with Gasteiger partial charge in [-0.15, -0.1) is 5.10 Å². The topological polar surface area (TPSA) is 63.7 Å². The lowest BCUT2D eigenvalue weighted by Crippen LogP contribution is -2.31. The molecule has 0 saturated heterocycles. The first kappa shape index (κ1) is 22.5. The van der Waals surface area contributed by atoms with Crippen LogP contribution in [-0.2, 0) is 18.3 Å². The minimum Gasteiger partial charge on any atom is -0.494 e.